The van der Waals surface area contributed by atoms with E-state index in [9.17, 15) is 9.59 Å². The van der Waals surface area contributed by atoms with Crippen LogP contribution < -0.4 is 0 Å². The molecule has 1 N–H and O–H groups in total. The van der Waals surface area contributed by atoms with Crippen LogP contribution in [0.25, 0.3) is 0 Å². The second kappa shape index (κ2) is 4.52. The molecule has 8 nitrogen and oxygen atoms in total. The van der Waals surface area contributed by atoms with Gasteiger partial charge < -0.3 is 19.5 Å². The van der Waals surface area contributed by atoms with E-state index in [1.54, 1.807) is 11.2 Å². The molecule has 1 fully saturated rings. The van der Waals surface area contributed by atoms with E-state index in [0.717, 1.165) is 12.2 Å². The Labute approximate surface area is 109 Å². The number of carboxylic acid groups (broad SMARTS) is 1. The number of amides is 2. The van der Waals surface area contributed by atoms with Crippen molar-refractivity contribution >= 4 is 12.0 Å². The monoisotopic (exact) mass is 265 g/mol. The number of hydrogen-bond donors (Lipinski definition) is 1. The number of aromatic nitrogens is 3. The van der Waals surface area contributed by atoms with Crippen LogP contribution in [0.3, 0.4) is 0 Å². The summed E-state index contributed by atoms with van der Waals surface area (Å²) in [7, 11) is 0. The molecule has 0 spiro atoms. The summed E-state index contributed by atoms with van der Waals surface area (Å²) in [4.78, 5) is 26.6. The summed E-state index contributed by atoms with van der Waals surface area (Å²) < 4.78 is 1.91. The van der Waals surface area contributed by atoms with Gasteiger partial charge in [0.2, 0.25) is 0 Å². The summed E-state index contributed by atoms with van der Waals surface area (Å²) in [5.74, 6) is -0.184. The molecule has 1 aromatic heterocycles. The lowest BCUT2D eigenvalue weighted by Crippen LogP contribution is -2.50. The van der Waals surface area contributed by atoms with Crippen molar-refractivity contribution in [2.45, 2.75) is 32.0 Å². The molecule has 2 aliphatic heterocycles. The van der Waals surface area contributed by atoms with Gasteiger partial charge in [-0.2, -0.15) is 0 Å². The van der Waals surface area contributed by atoms with E-state index >= 15 is 0 Å². The van der Waals surface area contributed by atoms with Gasteiger partial charge in [0, 0.05) is 19.6 Å². The van der Waals surface area contributed by atoms with Crippen LogP contribution in [0.15, 0.2) is 6.33 Å². The van der Waals surface area contributed by atoms with Crippen LogP contribution in [-0.2, 0) is 17.9 Å². The first-order valence-electron chi connectivity index (χ1n) is 6.32. The number of carbonyl (C=O) groups excluding carboxylic acids is 1. The third kappa shape index (κ3) is 2.02. The topological polar surface area (TPSA) is 91.6 Å². The Kier molecular flexibility index (Phi) is 2.84. The molecule has 0 bridgehead atoms. The first kappa shape index (κ1) is 11.9. The van der Waals surface area contributed by atoms with Crippen molar-refractivity contribution in [3.8, 4) is 0 Å². The van der Waals surface area contributed by atoms with E-state index in [4.69, 9.17) is 5.11 Å². The summed E-state index contributed by atoms with van der Waals surface area (Å²) in [6, 6.07) is -0.897. The molecule has 2 amide bonds. The fourth-order valence-corrected chi connectivity index (χ4v) is 2.66. The summed E-state index contributed by atoms with van der Waals surface area (Å²) in [6.07, 6.45) is 2.92. The minimum Gasteiger partial charge on any atom is -0.480 e. The lowest BCUT2D eigenvalue weighted by molar-refractivity contribution is -0.141. The predicted molar refractivity (Wildman–Crippen MR) is 63.2 cm³/mol. The second-order valence-electron chi connectivity index (χ2n) is 4.83. The average molecular weight is 265 g/mol. The Hall–Kier alpha value is -2.12. The normalized spacial score (nSPS) is 22.4. The largest absolute Gasteiger partial charge is 0.480 e. The van der Waals surface area contributed by atoms with Crippen LogP contribution >= 0.6 is 0 Å². The van der Waals surface area contributed by atoms with E-state index < -0.39 is 12.0 Å². The highest BCUT2D eigenvalue weighted by Crippen LogP contribution is 2.21. The summed E-state index contributed by atoms with van der Waals surface area (Å²) >= 11 is 0. The van der Waals surface area contributed by atoms with Gasteiger partial charge in [0.05, 0.1) is 6.54 Å². The molecule has 1 aromatic rings. The molecule has 0 radical (unpaired) electrons. The summed E-state index contributed by atoms with van der Waals surface area (Å²) in [5, 5.41) is 16.9. The van der Waals surface area contributed by atoms with Gasteiger partial charge in [-0.15, -0.1) is 10.2 Å². The molecule has 0 aliphatic carbocycles. The van der Waals surface area contributed by atoms with Crippen LogP contribution in [0.2, 0.25) is 0 Å². The predicted octanol–water partition coefficient (Wildman–Crippen LogP) is -0.237. The molecule has 2 aliphatic rings. The van der Waals surface area contributed by atoms with Gasteiger partial charge >= 0.3 is 12.0 Å². The molecule has 102 valence electrons. The van der Waals surface area contributed by atoms with Gasteiger partial charge in [0.25, 0.3) is 0 Å². The van der Waals surface area contributed by atoms with Crippen molar-refractivity contribution in [3.05, 3.63) is 12.2 Å². The molecule has 19 heavy (non-hydrogen) atoms. The molecular formula is C11H15N5O3. The van der Waals surface area contributed by atoms with Crippen molar-refractivity contribution < 1.29 is 14.7 Å². The minimum absolute atomic E-state index is 0.209. The molecule has 0 unspecified atom stereocenters. The third-order valence-electron chi connectivity index (χ3n) is 3.69. The number of likely N-dealkylation sites (tertiary alicyclic amines) is 1. The molecule has 3 rings (SSSR count). The molecule has 0 aromatic carbocycles. The quantitative estimate of drug-likeness (QED) is 0.756. The van der Waals surface area contributed by atoms with Crippen LogP contribution in [0.4, 0.5) is 4.79 Å². The van der Waals surface area contributed by atoms with Crippen LogP contribution in [0.5, 0.6) is 0 Å². The fraction of sp³-hybridized carbons (Fsp3) is 0.636. The highest BCUT2D eigenvalue weighted by molar-refractivity contribution is 5.83. The molecular weight excluding hydrogens is 250 g/mol. The Morgan fingerprint density at radius 2 is 2.16 bits per heavy atom. The van der Waals surface area contributed by atoms with E-state index in [-0.39, 0.29) is 6.03 Å². The molecule has 0 saturated carbocycles. The van der Waals surface area contributed by atoms with Gasteiger partial charge in [-0.05, 0) is 12.8 Å². The molecule has 1 saturated heterocycles. The molecule has 3 heterocycles. The second-order valence-corrected chi connectivity index (χ2v) is 4.83. The Morgan fingerprint density at radius 1 is 1.32 bits per heavy atom. The van der Waals surface area contributed by atoms with Crippen LogP contribution in [0, 0.1) is 0 Å². The third-order valence-corrected chi connectivity index (χ3v) is 3.69. The van der Waals surface area contributed by atoms with Crippen molar-refractivity contribution in [2.24, 2.45) is 0 Å². The van der Waals surface area contributed by atoms with Crippen molar-refractivity contribution in [1.29, 1.82) is 0 Å². The maximum absolute atomic E-state index is 12.4. The van der Waals surface area contributed by atoms with E-state index in [1.807, 2.05) is 4.57 Å². The Morgan fingerprint density at radius 3 is 2.95 bits per heavy atom. The van der Waals surface area contributed by atoms with Gasteiger partial charge in [-0.3, -0.25) is 0 Å². The van der Waals surface area contributed by atoms with Crippen LogP contribution in [0.1, 0.15) is 18.7 Å². The molecule has 1 atom stereocenters. The number of aliphatic carboxylic acids is 1. The fourth-order valence-electron chi connectivity index (χ4n) is 2.66. The number of carbonyl (C=O) groups is 2. The lowest BCUT2D eigenvalue weighted by Gasteiger charge is -2.32. The Balaban J connectivity index is 1.73. The number of nitrogens with zero attached hydrogens (tertiary/aromatic N) is 5. The first-order valence-corrected chi connectivity index (χ1v) is 6.32. The SMILES string of the molecule is O=C(O)[C@@H]1CCCN1C(=O)N1CCn2cnnc2C1. The van der Waals surface area contributed by atoms with Gasteiger partial charge in [-0.1, -0.05) is 0 Å². The number of rotatable bonds is 1. The van der Waals surface area contributed by atoms with Crippen molar-refractivity contribution in [3.63, 3.8) is 0 Å². The van der Waals surface area contributed by atoms with Crippen LogP contribution in [-0.4, -0.2) is 60.8 Å². The summed E-state index contributed by atoms with van der Waals surface area (Å²) in [5.41, 5.74) is 0. The highest BCUT2D eigenvalue weighted by atomic mass is 16.4. The zero-order valence-corrected chi connectivity index (χ0v) is 10.4. The average Bonchev–Trinajstić information content (AvgIpc) is 3.05. The summed E-state index contributed by atoms with van der Waals surface area (Å²) in [6.45, 7) is 2.12. The van der Waals surface area contributed by atoms with Gasteiger partial charge in [0.1, 0.15) is 12.4 Å². The number of fused-ring (bicyclic) bond motifs is 1. The van der Waals surface area contributed by atoms with Gasteiger partial charge in [0.15, 0.2) is 5.82 Å². The minimum atomic E-state index is -0.925. The first-order chi connectivity index (χ1) is 9.16. The number of carboxylic acids is 1. The zero-order valence-electron chi connectivity index (χ0n) is 10.4. The highest BCUT2D eigenvalue weighted by Gasteiger charge is 2.37. The maximum Gasteiger partial charge on any atom is 0.326 e. The smallest absolute Gasteiger partial charge is 0.326 e. The Bertz CT molecular complexity index is 514. The van der Waals surface area contributed by atoms with Gasteiger partial charge in [-0.25, -0.2) is 9.59 Å². The maximum atomic E-state index is 12.4. The number of hydrogen-bond acceptors (Lipinski definition) is 4. The van der Waals surface area contributed by atoms with E-state index in [2.05, 4.69) is 10.2 Å². The van der Waals surface area contributed by atoms with E-state index in [0.29, 0.717) is 32.6 Å². The molecule has 8 heteroatoms. The standard InChI is InChI=1S/C11H15N5O3/c17-10(18)8-2-1-3-16(8)11(19)14-4-5-15-7-12-13-9(15)6-14/h7-8H,1-6H2,(H,17,18)/t8-/m0/s1. The number of urea groups is 1. The zero-order chi connectivity index (χ0) is 13.4. The van der Waals surface area contributed by atoms with Crippen molar-refractivity contribution in [1.82, 2.24) is 24.6 Å². The van der Waals surface area contributed by atoms with Crippen molar-refractivity contribution in [2.75, 3.05) is 13.1 Å². The lowest BCUT2D eigenvalue weighted by atomic mass is 10.2. The van der Waals surface area contributed by atoms with E-state index in [1.165, 1.54) is 4.90 Å².